The smallest absolute Gasteiger partial charge is 0.508 e. The first-order valence-corrected chi connectivity index (χ1v) is 13.2. The highest BCUT2D eigenvalue weighted by Gasteiger charge is 2.15. The molecule has 2 aromatic carbocycles. The summed E-state index contributed by atoms with van der Waals surface area (Å²) in [6, 6.07) is 9.16. The first-order valence-electron chi connectivity index (χ1n) is 9.73. The van der Waals surface area contributed by atoms with E-state index in [0.29, 0.717) is 17.7 Å². The monoisotopic (exact) mass is 576 g/mol. The molecule has 0 heterocycles. The number of rotatable bonds is 9. The number of benzene rings is 2. The maximum Gasteiger partial charge on any atom is 0.510 e. The number of aromatic hydroxyl groups is 1. The van der Waals surface area contributed by atoms with Crippen molar-refractivity contribution in [3.05, 3.63) is 50.4 Å². The molecule has 1 unspecified atom stereocenters. The maximum absolute atomic E-state index is 11.4. The van der Waals surface area contributed by atoms with Crippen molar-refractivity contribution in [1.29, 1.82) is 0 Å². The SMILES string of the molecule is CC(C)OC(=O)OCOP(C)Cc1cc(Br)c(Oc2ccc(O)c(C(C)C)c2)c(Br)c1. The van der Waals surface area contributed by atoms with Gasteiger partial charge in [-0.1, -0.05) is 13.8 Å². The Balaban J connectivity index is 2.00. The van der Waals surface area contributed by atoms with Crippen LogP contribution >= 0.6 is 40.0 Å². The van der Waals surface area contributed by atoms with Crippen LogP contribution in [0.3, 0.4) is 0 Å². The molecule has 1 N–H and O–H groups in total. The van der Waals surface area contributed by atoms with Crippen LogP contribution in [0.25, 0.3) is 0 Å². The third-order valence-electron chi connectivity index (χ3n) is 4.09. The zero-order valence-electron chi connectivity index (χ0n) is 18.1. The fourth-order valence-electron chi connectivity index (χ4n) is 2.67. The van der Waals surface area contributed by atoms with Crippen LogP contribution in [0.5, 0.6) is 17.2 Å². The lowest BCUT2D eigenvalue weighted by atomic mass is 10.0. The van der Waals surface area contributed by atoms with Gasteiger partial charge in [0.1, 0.15) is 11.5 Å². The van der Waals surface area contributed by atoms with E-state index in [4.69, 9.17) is 18.7 Å². The van der Waals surface area contributed by atoms with Gasteiger partial charge in [0.25, 0.3) is 0 Å². The van der Waals surface area contributed by atoms with E-state index in [2.05, 4.69) is 31.9 Å². The summed E-state index contributed by atoms with van der Waals surface area (Å²) in [7, 11) is -0.849. The molecule has 0 aromatic heterocycles. The van der Waals surface area contributed by atoms with E-state index in [0.717, 1.165) is 20.1 Å². The minimum absolute atomic E-state index is 0.143. The molecule has 170 valence electrons. The Kier molecular flexibility index (Phi) is 10.1. The van der Waals surface area contributed by atoms with Gasteiger partial charge in [0.15, 0.2) is 12.5 Å². The molecule has 0 radical (unpaired) electrons. The molecule has 9 heteroatoms. The first-order chi connectivity index (χ1) is 14.6. The van der Waals surface area contributed by atoms with E-state index < -0.39 is 14.3 Å². The average Bonchev–Trinajstić information content (AvgIpc) is 2.65. The molecule has 0 fully saturated rings. The maximum atomic E-state index is 11.4. The van der Waals surface area contributed by atoms with Crippen LogP contribution in [0.2, 0.25) is 0 Å². The van der Waals surface area contributed by atoms with Gasteiger partial charge in [-0.05, 0) is 94.2 Å². The van der Waals surface area contributed by atoms with Crippen molar-refractivity contribution in [2.75, 3.05) is 13.5 Å². The predicted molar refractivity (Wildman–Crippen MR) is 129 cm³/mol. The van der Waals surface area contributed by atoms with Crippen molar-refractivity contribution < 1.29 is 28.6 Å². The second-order valence-electron chi connectivity index (χ2n) is 7.46. The van der Waals surface area contributed by atoms with Crippen LogP contribution in [-0.4, -0.2) is 30.8 Å². The van der Waals surface area contributed by atoms with E-state index in [1.165, 1.54) is 0 Å². The van der Waals surface area contributed by atoms with Crippen molar-refractivity contribution in [3.8, 4) is 17.2 Å². The predicted octanol–water partition coefficient (Wildman–Crippen LogP) is 7.90. The summed E-state index contributed by atoms with van der Waals surface area (Å²) < 4.78 is 23.1. The van der Waals surface area contributed by atoms with Gasteiger partial charge in [0, 0.05) is 19.9 Å². The summed E-state index contributed by atoms with van der Waals surface area (Å²) in [5.41, 5.74) is 1.87. The summed E-state index contributed by atoms with van der Waals surface area (Å²) >= 11 is 7.16. The van der Waals surface area contributed by atoms with E-state index in [-0.39, 0.29) is 24.6 Å². The highest BCUT2D eigenvalue weighted by Crippen LogP contribution is 2.43. The Hall–Kier alpha value is -1.34. The van der Waals surface area contributed by atoms with Gasteiger partial charge in [-0.2, -0.15) is 0 Å². The fraction of sp³-hybridized carbons (Fsp3) is 0.409. The molecule has 2 rings (SSSR count). The van der Waals surface area contributed by atoms with Gasteiger partial charge in [-0.15, -0.1) is 0 Å². The Bertz CT molecular complexity index is 881. The summed E-state index contributed by atoms with van der Waals surface area (Å²) in [4.78, 5) is 11.4. The molecule has 0 saturated heterocycles. The molecule has 0 aliphatic carbocycles. The van der Waals surface area contributed by atoms with Crippen LogP contribution < -0.4 is 4.74 Å². The van der Waals surface area contributed by atoms with Crippen LogP contribution in [0, 0.1) is 0 Å². The van der Waals surface area contributed by atoms with E-state index >= 15 is 0 Å². The molecular weight excluding hydrogens is 551 g/mol. The zero-order valence-corrected chi connectivity index (χ0v) is 22.2. The molecule has 0 saturated carbocycles. The highest BCUT2D eigenvalue weighted by molar-refractivity contribution is 9.11. The number of carbonyl (C=O) groups excluding carboxylic acids is 1. The second-order valence-corrected chi connectivity index (χ2v) is 11.0. The molecule has 1 atom stereocenters. The van der Waals surface area contributed by atoms with Crippen molar-refractivity contribution in [2.24, 2.45) is 0 Å². The molecule has 2 aromatic rings. The third-order valence-corrected chi connectivity index (χ3v) is 6.62. The van der Waals surface area contributed by atoms with Crippen LogP contribution in [0.4, 0.5) is 4.79 Å². The summed E-state index contributed by atoms with van der Waals surface area (Å²) in [6.45, 7) is 9.36. The number of ether oxygens (including phenoxy) is 3. The summed E-state index contributed by atoms with van der Waals surface area (Å²) in [6.07, 6.45) is -0.295. The number of hydrogen-bond acceptors (Lipinski definition) is 6. The number of phenolic OH excluding ortho intramolecular Hbond substituents is 1. The van der Waals surface area contributed by atoms with Gasteiger partial charge >= 0.3 is 6.16 Å². The first kappa shape index (κ1) is 25.9. The summed E-state index contributed by atoms with van der Waals surface area (Å²) in [5.74, 6) is 1.72. The Labute approximate surface area is 201 Å². The van der Waals surface area contributed by atoms with E-state index in [1.807, 2.05) is 38.7 Å². The minimum atomic E-state index is -0.849. The van der Waals surface area contributed by atoms with E-state index in [1.54, 1.807) is 26.0 Å². The number of carbonyl (C=O) groups is 1. The Morgan fingerprint density at radius 1 is 1.10 bits per heavy atom. The van der Waals surface area contributed by atoms with Crippen molar-refractivity contribution >= 4 is 46.2 Å². The Morgan fingerprint density at radius 2 is 1.74 bits per heavy atom. The Morgan fingerprint density at radius 3 is 2.32 bits per heavy atom. The standard InChI is InChI=1S/C22H27Br2O6P/c1-13(2)17-10-16(6-7-20(17)25)30-21-18(23)8-15(9-19(21)24)11-31(5)28-12-27-22(26)29-14(3)4/h6-10,13-14,25H,11-12H2,1-5H3. The number of phenols is 1. The lowest BCUT2D eigenvalue weighted by molar-refractivity contribution is -0.00466. The van der Waals surface area contributed by atoms with Gasteiger partial charge in [-0.25, -0.2) is 4.79 Å². The average molecular weight is 578 g/mol. The third kappa shape index (κ3) is 8.26. The zero-order chi connectivity index (χ0) is 23.1. The molecule has 0 aliphatic heterocycles. The molecule has 0 bridgehead atoms. The van der Waals surface area contributed by atoms with Gasteiger partial charge < -0.3 is 23.8 Å². The van der Waals surface area contributed by atoms with Gasteiger partial charge in [0.2, 0.25) is 0 Å². The molecule has 0 spiro atoms. The highest BCUT2D eigenvalue weighted by atomic mass is 79.9. The second kappa shape index (κ2) is 12.0. The minimum Gasteiger partial charge on any atom is -0.508 e. The molecule has 0 aliphatic rings. The molecule has 31 heavy (non-hydrogen) atoms. The van der Waals surface area contributed by atoms with Crippen LogP contribution in [-0.2, 0) is 20.2 Å². The van der Waals surface area contributed by atoms with Crippen molar-refractivity contribution in [2.45, 2.75) is 45.9 Å². The lowest BCUT2D eigenvalue weighted by Gasteiger charge is -2.16. The van der Waals surface area contributed by atoms with Crippen LogP contribution in [0.15, 0.2) is 39.3 Å². The molecular formula is C22H27Br2O6P. The van der Waals surface area contributed by atoms with Gasteiger partial charge in [0.05, 0.1) is 15.0 Å². The van der Waals surface area contributed by atoms with E-state index in [9.17, 15) is 9.90 Å². The summed E-state index contributed by atoms with van der Waals surface area (Å²) in [5, 5.41) is 10.0. The normalized spacial score (nSPS) is 12.2. The number of hydrogen-bond donors (Lipinski definition) is 1. The molecule has 0 amide bonds. The van der Waals surface area contributed by atoms with Crippen molar-refractivity contribution in [1.82, 2.24) is 0 Å². The fourth-order valence-corrected chi connectivity index (χ4v) is 5.14. The van der Waals surface area contributed by atoms with Crippen molar-refractivity contribution in [3.63, 3.8) is 0 Å². The lowest BCUT2D eigenvalue weighted by Crippen LogP contribution is -2.14. The largest absolute Gasteiger partial charge is 0.510 e. The quantitative estimate of drug-likeness (QED) is 0.185. The molecule has 6 nitrogen and oxygen atoms in total. The van der Waals surface area contributed by atoms with Gasteiger partial charge in [-0.3, -0.25) is 0 Å². The van der Waals surface area contributed by atoms with Crippen LogP contribution in [0.1, 0.15) is 44.7 Å². The topological polar surface area (TPSA) is 74.2 Å². The number of halogens is 2.